The average molecular weight is 401 g/mol. The number of fused-ring (bicyclic) bond motifs is 1. The molecule has 0 aliphatic carbocycles. The molecule has 0 radical (unpaired) electrons. The minimum atomic E-state index is -0.956. The van der Waals surface area contributed by atoms with Crippen LogP contribution in [0.1, 0.15) is 27.3 Å². The van der Waals surface area contributed by atoms with Crippen LogP contribution >= 0.6 is 11.3 Å². The summed E-state index contributed by atoms with van der Waals surface area (Å²) in [6, 6.07) is 23.1. The maximum absolute atomic E-state index is 12.4. The molecule has 0 unspecified atom stereocenters. The fourth-order valence-electron chi connectivity index (χ4n) is 3.26. The summed E-state index contributed by atoms with van der Waals surface area (Å²) in [6.07, 6.45) is 1.20. The zero-order valence-electron chi connectivity index (χ0n) is 15.7. The first-order chi connectivity index (χ1) is 14.1. The zero-order valence-corrected chi connectivity index (χ0v) is 16.5. The number of ketones is 1. The summed E-state index contributed by atoms with van der Waals surface area (Å²) < 4.78 is 1.07. The van der Waals surface area contributed by atoms with Crippen LogP contribution in [-0.4, -0.2) is 21.8 Å². The standard InChI is InChI=1S/C24H19NO3S/c26-20(11-9-16-5-4-8-19(13-16)24(27)28)15-23-25-21-14-18(10-12-22(21)29-23)17-6-2-1-3-7-17/h1-8,10,12-14H,9,11,15H2,(H,27,28). The Morgan fingerprint density at radius 2 is 1.72 bits per heavy atom. The van der Waals surface area contributed by atoms with Crippen molar-refractivity contribution in [3.8, 4) is 11.1 Å². The molecule has 1 heterocycles. The fourth-order valence-corrected chi connectivity index (χ4v) is 4.24. The maximum Gasteiger partial charge on any atom is 0.335 e. The van der Waals surface area contributed by atoms with Gasteiger partial charge in [-0.25, -0.2) is 9.78 Å². The SMILES string of the molecule is O=C(CCc1cccc(C(=O)O)c1)Cc1nc2cc(-c3ccccc3)ccc2s1. The lowest BCUT2D eigenvalue weighted by Crippen LogP contribution is -2.05. The molecule has 0 spiro atoms. The van der Waals surface area contributed by atoms with Crippen molar-refractivity contribution in [2.75, 3.05) is 0 Å². The molecule has 1 N–H and O–H groups in total. The lowest BCUT2D eigenvalue weighted by Gasteiger charge is -2.02. The van der Waals surface area contributed by atoms with Crippen molar-refractivity contribution < 1.29 is 14.7 Å². The molecule has 0 aliphatic rings. The Balaban J connectivity index is 1.43. The third-order valence-electron chi connectivity index (χ3n) is 4.75. The Bertz CT molecular complexity index is 1180. The summed E-state index contributed by atoms with van der Waals surface area (Å²) in [5.74, 6) is -0.851. The number of hydrogen-bond donors (Lipinski definition) is 1. The minimum Gasteiger partial charge on any atom is -0.478 e. The molecule has 0 aliphatic heterocycles. The highest BCUT2D eigenvalue weighted by atomic mass is 32.1. The quantitative estimate of drug-likeness (QED) is 0.450. The van der Waals surface area contributed by atoms with Crippen LogP contribution in [0, 0.1) is 0 Å². The van der Waals surface area contributed by atoms with Crippen LogP contribution in [0.25, 0.3) is 21.3 Å². The largest absolute Gasteiger partial charge is 0.478 e. The van der Waals surface area contributed by atoms with E-state index < -0.39 is 5.97 Å². The van der Waals surface area contributed by atoms with Gasteiger partial charge < -0.3 is 5.11 Å². The van der Waals surface area contributed by atoms with Gasteiger partial charge in [-0.2, -0.15) is 0 Å². The molecule has 0 fully saturated rings. The summed E-state index contributed by atoms with van der Waals surface area (Å²) >= 11 is 1.55. The first-order valence-corrected chi connectivity index (χ1v) is 10.2. The third-order valence-corrected chi connectivity index (χ3v) is 5.79. The molecule has 0 atom stereocenters. The zero-order chi connectivity index (χ0) is 20.2. The Kier molecular flexibility index (Phi) is 5.49. The van der Waals surface area contributed by atoms with E-state index in [4.69, 9.17) is 5.11 Å². The lowest BCUT2D eigenvalue weighted by atomic mass is 10.0. The second-order valence-electron chi connectivity index (χ2n) is 6.88. The molecule has 0 amide bonds. The number of aromatic nitrogens is 1. The highest BCUT2D eigenvalue weighted by Gasteiger charge is 2.11. The van der Waals surface area contributed by atoms with Gasteiger partial charge >= 0.3 is 5.97 Å². The number of carboxylic acids is 1. The van der Waals surface area contributed by atoms with Gasteiger partial charge in [-0.15, -0.1) is 11.3 Å². The molecule has 4 rings (SSSR count). The van der Waals surface area contributed by atoms with Gasteiger partial charge in [0.05, 0.1) is 22.2 Å². The van der Waals surface area contributed by atoms with E-state index in [1.807, 2.05) is 24.3 Å². The van der Waals surface area contributed by atoms with E-state index in [2.05, 4.69) is 35.3 Å². The summed E-state index contributed by atoms with van der Waals surface area (Å²) in [6.45, 7) is 0. The molecule has 144 valence electrons. The van der Waals surface area contributed by atoms with Gasteiger partial charge in [0.25, 0.3) is 0 Å². The molecule has 4 nitrogen and oxygen atoms in total. The van der Waals surface area contributed by atoms with E-state index in [-0.39, 0.29) is 11.3 Å². The molecule has 5 heteroatoms. The fraction of sp³-hybridized carbons (Fsp3) is 0.125. The first kappa shape index (κ1) is 19.0. The summed E-state index contributed by atoms with van der Waals surface area (Å²) in [4.78, 5) is 28.1. The Hall–Kier alpha value is -3.31. The van der Waals surface area contributed by atoms with Crippen LogP contribution in [-0.2, 0) is 17.6 Å². The molecule has 0 bridgehead atoms. The smallest absolute Gasteiger partial charge is 0.335 e. The molecular weight excluding hydrogens is 382 g/mol. The molecule has 1 aromatic heterocycles. The number of carboxylic acid groups (broad SMARTS) is 1. The summed E-state index contributed by atoms with van der Waals surface area (Å²) in [7, 11) is 0. The number of aryl methyl sites for hydroxylation is 1. The van der Waals surface area contributed by atoms with Crippen LogP contribution in [0.4, 0.5) is 0 Å². The van der Waals surface area contributed by atoms with Crippen molar-refractivity contribution in [3.63, 3.8) is 0 Å². The third kappa shape index (κ3) is 4.58. The van der Waals surface area contributed by atoms with Crippen LogP contribution < -0.4 is 0 Å². The number of Topliss-reactive ketones (excluding diaryl/α,β-unsaturated/α-hetero) is 1. The van der Waals surface area contributed by atoms with Crippen LogP contribution in [0.15, 0.2) is 72.8 Å². The molecule has 29 heavy (non-hydrogen) atoms. The monoisotopic (exact) mass is 401 g/mol. The number of benzene rings is 3. The van der Waals surface area contributed by atoms with Gasteiger partial charge in [0.15, 0.2) is 0 Å². The molecule has 0 saturated carbocycles. The molecular formula is C24H19NO3S. The highest BCUT2D eigenvalue weighted by molar-refractivity contribution is 7.18. The number of carbonyl (C=O) groups is 2. The van der Waals surface area contributed by atoms with E-state index in [9.17, 15) is 9.59 Å². The predicted octanol–water partition coefficient (Wildman–Crippen LogP) is 5.41. The van der Waals surface area contributed by atoms with Crippen LogP contribution in [0.2, 0.25) is 0 Å². The van der Waals surface area contributed by atoms with E-state index in [0.29, 0.717) is 19.3 Å². The minimum absolute atomic E-state index is 0.105. The summed E-state index contributed by atoms with van der Waals surface area (Å²) in [5.41, 5.74) is 4.27. The number of carbonyl (C=O) groups excluding carboxylic acids is 1. The van der Waals surface area contributed by atoms with Crippen molar-refractivity contribution in [2.24, 2.45) is 0 Å². The average Bonchev–Trinajstić information content (AvgIpc) is 3.14. The second kappa shape index (κ2) is 8.37. The molecule has 3 aromatic carbocycles. The van der Waals surface area contributed by atoms with E-state index >= 15 is 0 Å². The van der Waals surface area contributed by atoms with Gasteiger partial charge in [-0.05, 0) is 47.4 Å². The van der Waals surface area contributed by atoms with Crippen molar-refractivity contribution in [1.82, 2.24) is 4.98 Å². The number of thiazole rings is 1. The van der Waals surface area contributed by atoms with Crippen molar-refractivity contribution >= 4 is 33.3 Å². The van der Waals surface area contributed by atoms with Crippen LogP contribution in [0.3, 0.4) is 0 Å². The normalized spacial score (nSPS) is 10.9. The molecule has 0 saturated heterocycles. The van der Waals surface area contributed by atoms with Gasteiger partial charge in [-0.3, -0.25) is 4.79 Å². The second-order valence-corrected chi connectivity index (χ2v) is 7.99. The number of aromatic carboxylic acids is 1. The first-order valence-electron chi connectivity index (χ1n) is 9.37. The van der Waals surface area contributed by atoms with Crippen molar-refractivity contribution in [2.45, 2.75) is 19.3 Å². The van der Waals surface area contributed by atoms with Crippen LogP contribution in [0.5, 0.6) is 0 Å². The highest BCUT2D eigenvalue weighted by Crippen LogP contribution is 2.28. The molecule has 4 aromatic rings. The van der Waals surface area contributed by atoms with Crippen molar-refractivity contribution in [3.05, 3.63) is 88.9 Å². The number of nitrogens with zero attached hydrogens (tertiary/aromatic N) is 1. The van der Waals surface area contributed by atoms with Gasteiger partial charge in [0.2, 0.25) is 0 Å². The summed E-state index contributed by atoms with van der Waals surface area (Å²) in [5, 5.41) is 9.88. The van der Waals surface area contributed by atoms with E-state index in [1.165, 1.54) is 0 Å². The van der Waals surface area contributed by atoms with Gasteiger partial charge in [0, 0.05) is 6.42 Å². The topological polar surface area (TPSA) is 67.3 Å². The predicted molar refractivity (Wildman–Crippen MR) is 115 cm³/mol. The van der Waals surface area contributed by atoms with E-state index in [0.717, 1.165) is 31.9 Å². The number of hydrogen-bond acceptors (Lipinski definition) is 4. The Morgan fingerprint density at radius 3 is 2.52 bits per heavy atom. The Morgan fingerprint density at radius 1 is 0.897 bits per heavy atom. The lowest BCUT2D eigenvalue weighted by molar-refractivity contribution is -0.118. The Labute approximate surface area is 172 Å². The van der Waals surface area contributed by atoms with E-state index in [1.54, 1.807) is 29.5 Å². The van der Waals surface area contributed by atoms with Crippen molar-refractivity contribution in [1.29, 1.82) is 0 Å². The number of rotatable bonds is 7. The van der Waals surface area contributed by atoms with Gasteiger partial charge in [0.1, 0.15) is 10.8 Å². The van der Waals surface area contributed by atoms with Gasteiger partial charge in [-0.1, -0.05) is 48.5 Å². The maximum atomic E-state index is 12.4.